The Kier molecular flexibility index (Phi) is 3.50. The van der Waals surface area contributed by atoms with Crippen LogP contribution in [0.5, 0.6) is 5.75 Å². The van der Waals surface area contributed by atoms with E-state index in [1.807, 2.05) is 12.1 Å². The average Bonchev–Trinajstić information content (AvgIpc) is 2.30. The smallest absolute Gasteiger partial charge is 0.220 e. The lowest BCUT2D eigenvalue weighted by Crippen LogP contribution is -1.98. The Morgan fingerprint density at radius 1 is 1.23 bits per heavy atom. The van der Waals surface area contributed by atoms with Crippen molar-refractivity contribution in [1.29, 1.82) is 0 Å². The molecule has 0 unspecified atom stereocenters. The van der Waals surface area contributed by atoms with Gasteiger partial charge in [0, 0.05) is 0 Å². The molecule has 1 rings (SSSR count). The second-order valence-corrected chi connectivity index (χ2v) is 2.92. The van der Waals surface area contributed by atoms with Gasteiger partial charge in [-0.05, 0) is 24.1 Å². The first-order valence-corrected chi connectivity index (χ1v) is 4.45. The van der Waals surface area contributed by atoms with E-state index in [9.17, 15) is 4.79 Å². The summed E-state index contributed by atoms with van der Waals surface area (Å²) in [5.41, 5.74) is 1.10. The molecule has 0 fully saturated rings. The van der Waals surface area contributed by atoms with E-state index in [-0.39, 0.29) is 5.43 Å². The second-order valence-electron chi connectivity index (χ2n) is 2.92. The topological polar surface area (TPSA) is 26.3 Å². The Balaban J connectivity index is 3.08. The number of hydrogen-bond acceptors (Lipinski definition) is 2. The van der Waals surface area contributed by atoms with Crippen molar-refractivity contribution in [2.24, 2.45) is 0 Å². The number of ether oxygens (including phenoxy) is 1. The van der Waals surface area contributed by atoms with Crippen LogP contribution in [-0.2, 0) is 6.42 Å². The Bertz CT molecular complexity index is 331. The summed E-state index contributed by atoms with van der Waals surface area (Å²) in [6, 6.07) is 7.08. The molecule has 0 aliphatic rings. The van der Waals surface area contributed by atoms with Crippen molar-refractivity contribution in [2.45, 2.75) is 19.8 Å². The summed E-state index contributed by atoms with van der Waals surface area (Å²) in [6.45, 7) is 2.11. The number of methoxy groups -OCH3 is 1. The van der Waals surface area contributed by atoms with Gasteiger partial charge < -0.3 is 4.74 Å². The van der Waals surface area contributed by atoms with Crippen LogP contribution in [0.25, 0.3) is 0 Å². The SMILES string of the molecule is CCCc1ccc(OC)c(=O)cc1. The molecule has 1 aromatic rings. The van der Waals surface area contributed by atoms with Gasteiger partial charge in [0.2, 0.25) is 5.43 Å². The number of rotatable bonds is 3. The summed E-state index contributed by atoms with van der Waals surface area (Å²) in [5.74, 6) is 0.405. The molecule has 0 aliphatic heterocycles. The minimum atomic E-state index is -0.0650. The van der Waals surface area contributed by atoms with Gasteiger partial charge in [-0.25, -0.2) is 0 Å². The molecular weight excluding hydrogens is 164 g/mol. The maximum absolute atomic E-state index is 11.3. The highest BCUT2D eigenvalue weighted by Gasteiger charge is 1.95. The van der Waals surface area contributed by atoms with Crippen molar-refractivity contribution in [3.05, 3.63) is 40.1 Å². The number of aryl methyl sites for hydroxylation is 1. The summed E-state index contributed by atoms with van der Waals surface area (Å²) in [4.78, 5) is 11.3. The van der Waals surface area contributed by atoms with E-state index in [0.717, 1.165) is 12.8 Å². The summed E-state index contributed by atoms with van der Waals surface area (Å²) in [7, 11) is 1.51. The molecule has 1 aromatic carbocycles. The van der Waals surface area contributed by atoms with E-state index in [0.29, 0.717) is 5.75 Å². The third kappa shape index (κ3) is 2.58. The maximum atomic E-state index is 11.3. The fourth-order valence-electron chi connectivity index (χ4n) is 1.21. The lowest BCUT2D eigenvalue weighted by Gasteiger charge is -1.91. The van der Waals surface area contributed by atoms with Crippen LogP contribution in [-0.4, -0.2) is 7.11 Å². The molecule has 0 aromatic heterocycles. The van der Waals surface area contributed by atoms with Crippen molar-refractivity contribution in [3.63, 3.8) is 0 Å². The quantitative estimate of drug-likeness (QED) is 0.707. The van der Waals surface area contributed by atoms with E-state index >= 15 is 0 Å². The van der Waals surface area contributed by atoms with Gasteiger partial charge in [0.05, 0.1) is 7.11 Å². The third-order valence-electron chi connectivity index (χ3n) is 1.90. The minimum Gasteiger partial charge on any atom is -0.493 e. The summed E-state index contributed by atoms with van der Waals surface area (Å²) in [6.07, 6.45) is 2.08. The van der Waals surface area contributed by atoms with Gasteiger partial charge in [0.15, 0.2) is 5.75 Å². The first-order valence-electron chi connectivity index (χ1n) is 4.45. The molecule has 0 spiro atoms. The zero-order valence-corrected chi connectivity index (χ0v) is 8.04. The molecule has 0 saturated heterocycles. The molecule has 0 atom stereocenters. The van der Waals surface area contributed by atoms with Gasteiger partial charge in [-0.15, -0.1) is 0 Å². The van der Waals surface area contributed by atoms with Crippen LogP contribution in [0.1, 0.15) is 18.9 Å². The van der Waals surface area contributed by atoms with E-state index in [2.05, 4.69) is 6.92 Å². The highest BCUT2D eigenvalue weighted by molar-refractivity contribution is 5.25. The summed E-state index contributed by atoms with van der Waals surface area (Å²) in [5, 5.41) is 0. The van der Waals surface area contributed by atoms with E-state index in [1.165, 1.54) is 12.7 Å². The van der Waals surface area contributed by atoms with Crippen LogP contribution in [0, 0.1) is 0 Å². The van der Waals surface area contributed by atoms with Crippen molar-refractivity contribution < 1.29 is 4.74 Å². The van der Waals surface area contributed by atoms with Crippen LogP contribution in [0.15, 0.2) is 29.1 Å². The van der Waals surface area contributed by atoms with Gasteiger partial charge in [-0.1, -0.05) is 25.5 Å². The lowest BCUT2D eigenvalue weighted by atomic mass is 10.2. The predicted molar refractivity (Wildman–Crippen MR) is 53.3 cm³/mol. The molecule has 0 amide bonds. The zero-order valence-electron chi connectivity index (χ0n) is 8.04. The molecule has 0 radical (unpaired) electrons. The van der Waals surface area contributed by atoms with Crippen molar-refractivity contribution in [1.82, 2.24) is 0 Å². The molecule has 2 nitrogen and oxygen atoms in total. The highest BCUT2D eigenvalue weighted by atomic mass is 16.5. The van der Waals surface area contributed by atoms with Crippen LogP contribution < -0.4 is 10.2 Å². The first kappa shape index (κ1) is 9.78. The molecule has 70 valence electrons. The monoisotopic (exact) mass is 178 g/mol. The maximum Gasteiger partial charge on any atom is 0.220 e. The Morgan fingerprint density at radius 3 is 2.54 bits per heavy atom. The van der Waals surface area contributed by atoms with Crippen LogP contribution in [0.2, 0.25) is 0 Å². The summed E-state index contributed by atoms with van der Waals surface area (Å²) >= 11 is 0. The van der Waals surface area contributed by atoms with E-state index in [1.54, 1.807) is 12.1 Å². The largest absolute Gasteiger partial charge is 0.493 e. The Morgan fingerprint density at radius 2 is 1.92 bits per heavy atom. The molecule has 0 N–H and O–H groups in total. The van der Waals surface area contributed by atoms with E-state index < -0.39 is 0 Å². The average molecular weight is 178 g/mol. The number of hydrogen-bond donors (Lipinski definition) is 0. The van der Waals surface area contributed by atoms with Crippen molar-refractivity contribution in [2.75, 3.05) is 7.11 Å². The zero-order chi connectivity index (χ0) is 9.68. The first-order chi connectivity index (χ1) is 6.27. The van der Waals surface area contributed by atoms with E-state index in [4.69, 9.17) is 4.74 Å². The normalized spacial score (nSPS) is 9.69. The lowest BCUT2D eigenvalue weighted by molar-refractivity contribution is 0.411. The molecular formula is C11H14O2. The van der Waals surface area contributed by atoms with Gasteiger partial charge in [0.25, 0.3) is 0 Å². The standard InChI is InChI=1S/C11H14O2/c1-3-4-9-5-7-10(12)11(13-2)8-6-9/h5-8H,3-4H2,1-2H3. The second kappa shape index (κ2) is 4.65. The van der Waals surface area contributed by atoms with Crippen molar-refractivity contribution >= 4 is 0 Å². The molecule has 0 aliphatic carbocycles. The highest BCUT2D eigenvalue weighted by Crippen LogP contribution is 2.05. The molecule has 0 heterocycles. The molecule has 0 bridgehead atoms. The van der Waals surface area contributed by atoms with Gasteiger partial charge in [-0.3, -0.25) is 4.79 Å². The van der Waals surface area contributed by atoms with Crippen LogP contribution in [0.4, 0.5) is 0 Å². The molecule has 13 heavy (non-hydrogen) atoms. The summed E-state index contributed by atoms with van der Waals surface area (Å²) < 4.78 is 4.93. The van der Waals surface area contributed by atoms with Gasteiger partial charge >= 0.3 is 0 Å². The fraction of sp³-hybridized carbons (Fsp3) is 0.364. The molecule has 0 saturated carbocycles. The molecule has 2 heteroatoms. The Labute approximate surface area is 78.2 Å². The van der Waals surface area contributed by atoms with Crippen LogP contribution in [0.3, 0.4) is 0 Å². The Hall–Kier alpha value is -1.31. The van der Waals surface area contributed by atoms with Crippen LogP contribution >= 0.6 is 0 Å². The fourth-order valence-corrected chi connectivity index (χ4v) is 1.21. The third-order valence-corrected chi connectivity index (χ3v) is 1.90. The minimum absolute atomic E-state index is 0.0650. The van der Waals surface area contributed by atoms with Gasteiger partial charge in [0.1, 0.15) is 0 Å². The van der Waals surface area contributed by atoms with Gasteiger partial charge in [-0.2, -0.15) is 0 Å². The van der Waals surface area contributed by atoms with Crippen molar-refractivity contribution in [3.8, 4) is 5.75 Å². The predicted octanol–water partition coefficient (Wildman–Crippen LogP) is 2.01.